The molecule has 0 aliphatic rings. The molecule has 1 aromatic carbocycles. The standard InChI is InChI=1S/C12H13ClN2O/c1-9(16)11-6-14-15(8-11)7-10-4-2-3-5-12(10)13/h2-6,8-9,16H,7H2,1H3. The van der Waals surface area contributed by atoms with E-state index in [2.05, 4.69) is 5.10 Å². The summed E-state index contributed by atoms with van der Waals surface area (Å²) in [4.78, 5) is 0. The quantitative estimate of drug-likeness (QED) is 0.890. The monoisotopic (exact) mass is 236 g/mol. The molecule has 1 atom stereocenters. The summed E-state index contributed by atoms with van der Waals surface area (Å²) in [5, 5.41) is 14.3. The predicted molar refractivity (Wildman–Crippen MR) is 63.4 cm³/mol. The minimum Gasteiger partial charge on any atom is -0.389 e. The molecule has 3 nitrogen and oxygen atoms in total. The van der Waals surface area contributed by atoms with Crippen molar-refractivity contribution >= 4 is 11.6 Å². The van der Waals surface area contributed by atoms with Gasteiger partial charge in [-0.15, -0.1) is 0 Å². The molecule has 0 aliphatic heterocycles. The van der Waals surface area contributed by atoms with E-state index in [-0.39, 0.29) is 0 Å². The van der Waals surface area contributed by atoms with Gasteiger partial charge in [-0.25, -0.2) is 0 Å². The summed E-state index contributed by atoms with van der Waals surface area (Å²) in [7, 11) is 0. The van der Waals surface area contributed by atoms with Crippen molar-refractivity contribution < 1.29 is 5.11 Å². The summed E-state index contributed by atoms with van der Waals surface area (Å²) in [5.41, 5.74) is 1.83. The fourth-order valence-corrected chi connectivity index (χ4v) is 1.68. The first kappa shape index (κ1) is 11.2. The number of aromatic nitrogens is 2. The molecular formula is C12H13ClN2O. The summed E-state index contributed by atoms with van der Waals surface area (Å²) in [6.45, 7) is 2.34. The van der Waals surface area contributed by atoms with Gasteiger partial charge in [-0.05, 0) is 18.6 Å². The maximum atomic E-state index is 9.38. The van der Waals surface area contributed by atoms with Crippen LogP contribution in [0.1, 0.15) is 24.2 Å². The van der Waals surface area contributed by atoms with Gasteiger partial charge in [-0.1, -0.05) is 29.8 Å². The Morgan fingerprint density at radius 2 is 2.19 bits per heavy atom. The van der Waals surface area contributed by atoms with Gasteiger partial charge in [0.25, 0.3) is 0 Å². The molecule has 0 saturated heterocycles. The van der Waals surface area contributed by atoms with Crippen LogP contribution in [0.4, 0.5) is 0 Å². The molecule has 0 aliphatic carbocycles. The summed E-state index contributed by atoms with van der Waals surface area (Å²) < 4.78 is 1.77. The first-order valence-corrected chi connectivity index (χ1v) is 5.48. The average Bonchev–Trinajstić information content (AvgIpc) is 2.70. The van der Waals surface area contributed by atoms with Crippen molar-refractivity contribution in [2.24, 2.45) is 0 Å². The van der Waals surface area contributed by atoms with Gasteiger partial charge in [0.05, 0.1) is 18.8 Å². The molecule has 0 saturated carbocycles. The highest BCUT2D eigenvalue weighted by Crippen LogP contribution is 2.17. The van der Waals surface area contributed by atoms with Crippen LogP contribution in [-0.4, -0.2) is 14.9 Å². The Morgan fingerprint density at radius 3 is 2.81 bits per heavy atom. The van der Waals surface area contributed by atoms with Crippen molar-refractivity contribution in [3.05, 3.63) is 52.8 Å². The van der Waals surface area contributed by atoms with Gasteiger partial charge < -0.3 is 5.11 Å². The van der Waals surface area contributed by atoms with Gasteiger partial charge in [0.2, 0.25) is 0 Å². The van der Waals surface area contributed by atoms with E-state index in [1.54, 1.807) is 17.8 Å². The molecule has 0 spiro atoms. The van der Waals surface area contributed by atoms with Gasteiger partial charge in [-0.3, -0.25) is 4.68 Å². The molecule has 1 unspecified atom stereocenters. The van der Waals surface area contributed by atoms with Crippen molar-refractivity contribution in [3.8, 4) is 0 Å². The van der Waals surface area contributed by atoms with Crippen LogP contribution in [0, 0.1) is 0 Å². The predicted octanol–water partition coefficient (Wildman–Crippen LogP) is 2.64. The topological polar surface area (TPSA) is 38.1 Å². The van der Waals surface area contributed by atoms with Crippen molar-refractivity contribution in [3.63, 3.8) is 0 Å². The number of benzene rings is 1. The number of rotatable bonds is 3. The largest absolute Gasteiger partial charge is 0.389 e. The molecule has 0 amide bonds. The lowest BCUT2D eigenvalue weighted by Gasteiger charge is -2.04. The van der Waals surface area contributed by atoms with E-state index in [1.165, 1.54) is 0 Å². The number of hydrogen-bond donors (Lipinski definition) is 1. The lowest BCUT2D eigenvalue weighted by molar-refractivity contribution is 0.199. The summed E-state index contributed by atoms with van der Waals surface area (Å²) in [6, 6.07) is 7.67. The van der Waals surface area contributed by atoms with Crippen LogP contribution in [0.15, 0.2) is 36.7 Å². The second-order valence-electron chi connectivity index (χ2n) is 3.74. The van der Waals surface area contributed by atoms with Crippen molar-refractivity contribution in [2.75, 3.05) is 0 Å². The van der Waals surface area contributed by atoms with Crippen LogP contribution in [-0.2, 0) is 6.54 Å². The Kier molecular flexibility index (Phi) is 3.27. The smallest absolute Gasteiger partial charge is 0.0792 e. The van der Waals surface area contributed by atoms with Crippen LogP contribution in [0.25, 0.3) is 0 Å². The van der Waals surface area contributed by atoms with E-state index in [1.807, 2.05) is 30.5 Å². The van der Waals surface area contributed by atoms with Gasteiger partial charge in [0.15, 0.2) is 0 Å². The average molecular weight is 237 g/mol. The van der Waals surface area contributed by atoms with E-state index in [0.717, 1.165) is 16.1 Å². The molecule has 1 aromatic heterocycles. The Hall–Kier alpha value is -1.32. The Balaban J connectivity index is 2.18. The molecule has 0 radical (unpaired) electrons. The fraction of sp³-hybridized carbons (Fsp3) is 0.250. The van der Waals surface area contributed by atoms with Crippen LogP contribution in [0.5, 0.6) is 0 Å². The van der Waals surface area contributed by atoms with Gasteiger partial charge in [-0.2, -0.15) is 5.10 Å². The van der Waals surface area contributed by atoms with Gasteiger partial charge in [0, 0.05) is 16.8 Å². The first-order valence-electron chi connectivity index (χ1n) is 5.10. The third-order valence-electron chi connectivity index (χ3n) is 2.43. The Morgan fingerprint density at radius 1 is 1.44 bits per heavy atom. The molecule has 4 heteroatoms. The first-order chi connectivity index (χ1) is 7.66. The highest BCUT2D eigenvalue weighted by atomic mass is 35.5. The van der Waals surface area contributed by atoms with Crippen molar-refractivity contribution in [2.45, 2.75) is 19.6 Å². The lowest BCUT2D eigenvalue weighted by atomic mass is 10.2. The van der Waals surface area contributed by atoms with E-state index in [0.29, 0.717) is 6.54 Å². The minimum absolute atomic E-state index is 0.486. The lowest BCUT2D eigenvalue weighted by Crippen LogP contribution is -2.00. The molecule has 0 bridgehead atoms. The molecule has 2 aromatic rings. The van der Waals surface area contributed by atoms with Crippen LogP contribution in [0.2, 0.25) is 5.02 Å². The molecule has 0 fully saturated rings. The number of aliphatic hydroxyl groups excluding tert-OH is 1. The zero-order valence-corrected chi connectivity index (χ0v) is 9.72. The van der Waals surface area contributed by atoms with Crippen LogP contribution < -0.4 is 0 Å². The summed E-state index contributed by atoms with van der Waals surface area (Å²) >= 11 is 6.05. The van der Waals surface area contributed by atoms with E-state index >= 15 is 0 Å². The van der Waals surface area contributed by atoms with E-state index < -0.39 is 6.10 Å². The molecule has 84 valence electrons. The number of aliphatic hydroxyl groups is 1. The van der Waals surface area contributed by atoms with E-state index in [9.17, 15) is 5.11 Å². The molecule has 1 heterocycles. The third-order valence-corrected chi connectivity index (χ3v) is 2.79. The second-order valence-corrected chi connectivity index (χ2v) is 4.15. The molecule has 16 heavy (non-hydrogen) atoms. The SMILES string of the molecule is CC(O)c1cnn(Cc2ccccc2Cl)c1. The Bertz CT molecular complexity index is 479. The second kappa shape index (κ2) is 4.68. The summed E-state index contributed by atoms with van der Waals surface area (Å²) in [5.74, 6) is 0. The van der Waals surface area contributed by atoms with Crippen LogP contribution in [0.3, 0.4) is 0 Å². The maximum Gasteiger partial charge on any atom is 0.0792 e. The zero-order chi connectivity index (χ0) is 11.5. The molecule has 2 rings (SSSR count). The van der Waals surface area contributed by atoms with Crippen LogP contribution >= 0.6 is 11.6 Å². The highest BCUT2D eigenvalue weighted by molar-refractivity contribution is 6.31. The summed E-state index contributed by atoms with van der Waals surface area (Å²) in [6.07, 6.45) is 3.01. The normalized spacial score (nSPS) is 12.7. The number of nitrogens with zero attached hydrogens (tertiary/aromatic N) is 2. The molecular weight excluding hydrogens is 224 g/mol. The van der Waals surface area contributed by atoms with Crippen molar-refractivity contribution in [1.82, 2.24) is 9.78 Å². The Labute approximate surface area is 99.3 Å². The number of halogens is 1. The van der Waals surface area contributed by atoms with Gasteiger partial charge >= 0.3 is 0 Å². The minimum atomic E-state index is -0.486. The zero-order valence-electron chi connectivity index (χ0n) is 8.97. The third kappa shape index (κ3) is 2.43. The van der Waals surface area contributed by atoms with E-state index in [4.69, 9.17) is 11.6 Å². The highest BCUT2D eigenvalue weighted by Gasteiger charge is 2.05. The maximum absolute atomic E-state index is 9.38. The fourth-order valence-electron chi connectivity index (χ4n) is 1.48. The molecule has 1 N–H and O–H groups in total. The van der Waals surface area contributed by atoms with Gasteiger partial charge in [0.1, 0.15) is 0 Å². The van der Waals surface area contributed by atoms with Crippen molar-refractivity contribution in [1.29, 1.82) is 0 Å². The number of hydrogen-bond acceptors (Lipinski definition) is 2.